The molecule has 0 saturated heterocycles. The Morgan fingerprint density at radius 3 is 2.79 bits per heavy atom. The molecule has 2 heterocycles. The molecule has 0 amide bonds. The van der Waals surface area contributed by atoms with Crippen molar-refractivity contribution in [1.82, 2.24) is 9.97 Å². The normalized spacial score (nSPS) is 15.4. The van der Waals surface area contributed by atoms with Gasteiger partial charge in [0, 0.05) is 27.4 Å². The molecular weight excluding hydrogens is 424 g/mol. The second-order valence-corrected chi connectivity index (χ2v) is 7.26. The molecule has 1 aliphatic rings. The van der Waals surface area contributed by atoms with E-state index in [1.54, 1.807) is 6.92 Å². The van der Waals surface area contributed by atoms with E-state index in [1.165, 1.54) is 12.4 Å². The largest absolute Gasteiger partial charge is 0.460 e. The number of carbonyl (C=O) groups excluding carboxylic acids is 1. The second kappa shape index (κ2) is 8.08. The van der Waals surface area contributed by atoms with Crippen molar-refractivity contribution in [2.75, 3.05) is 0 Å². The SMILES string of the molecule is Cc1cnc(C(=O)OCc2cc(Br)cc3c2O[C@H](c2ccccc2)OC3)cn1. The zero-order chi connectivity index (χ0) is 19.5. The summed E-state index contributed by atoms with van der Waals surface area (Å²) < 4.78 is 18.2. The van der Waals surface area contributed by atoms with E-state index in [1.807, 2.05) is 42.5 Å². The number of esters is 1. The molecule has 0 fully saturated rings. The summed E-state index contributed by atoms with van der Waals surface area (Å²) in [6, 6.07) is 13.5. The molecule has 7 heteroatoms. The summed E-state index contributed by atoms with van der Waals surface area (Å²) in [5.41, 5.74) is 3.47. The maximum absolute atomic E-state index is 12.3. The van der Waals surface area contributed by atoms with Gasteiger partial charge in [0.1, 0.15) is 12.4 Å². The molecule has 0 spiro atoms. The van der Waals surface area contributed by atoms with Gasteiger partial charge >= 0.3 is 5.97 Å². The fourth-order valence-electron chi connectivity index (χ4n) is 2.87. The van der Waals surface area contributed by atoms with Crippen LogP contribution in [0.4, 0.5) is 0 Å². The number of ether oxygens (including phenoxy) is 3. The van der Waals surface area contributed by atoms with Crippen LogP contribution in [0.2, 0.25) is 0 Å². The third kappa shape index (κ3) is 4.05. The summed E-state index contributed by atoms with van der Waals surface area (Å²) in [4.78, 5) is 20.4. The molecule has 0 aliphatic carbocycles. The first-order chi connectivity index (χ1) is 13.6. The van der Waals surface area contributed by atoms with Crippen LogP contribution in [0, 0.1) is 6.92 Å². The van der Waals surface area contributed by atoms with Crippen molar-refractivity contribution in [3.05, 3.63) is 87.4 Å². The third-order valence-corrected chi connectivity index (χ3v) is 4.70. The van der Waals surface area contributed by atoms with Crippen LogP contribution in [0.1, 0.15) is 39.2 Å². The van der Waals surface area contributed by atoms with Crippen molar-refractivity contribution in [3.63, 3.8) is 0 Å². The average Bonchev–Trinajstić information content (AvgIpc) is 2.72. The van der Waals surface area contributed by atoms with E-state index in [4.69, 9.17) is 14.2 Å². The molecule has 1 aliphatic heterocycles. The Kier molecular flexibility index (Phi) is 5.36. The van der Waals surface area contributed by atoms with Crippen molar-refractivity contribution < 1.29 is 19.0 Å². The molecular formula is C21H17BrN2O4. The smallest absolute Gasteiger partial charge is 0.358 e. The first-order valence-corrected chi connectivity index (χ1v) is 9.50. The quantitative estimate of drug-likeness (QED) is 0.555. The Bertz CT molecular complexity index is 993. The molecule has 1 atom stereocenters. The lowest BCUT2D eigenvalue weighted by Crippen LogP contribution is -2.19. The van der Waals surface area contributed by atoms with Crippen LogP contribution in [-0.4, -0.2) is 15.9 Å². The number of benzene rings is 2. The Balaban J connectivity index is 1.54. The van der Waals surface area contributed by atoms with Gasteiger partial charge in [-0.25, -0.2) is 9.78 Å². The lowest BCUT2D eigenvalue weighted by Gasteiger charge is -2.28. The summed E-state index contributed by atoms with van der Waals surface area (Å²) in [7, 11) is 0. The van der Waals surface area contributed by atoms with Gasteiger partial charge in [-0.2, -0.15) is 0 Å². The van der Waals surface area contributed by atoms with Gasteiger partial charge in [-0.05, 0) is 19.1 Å². The number of rotatable bonds is 4. The number of nitrogens with zero attached hydrogens (tertiary/aromatic N) is 2. The number of hydrogen-bond donors (Lipinski definition) is 0. The molecule has 3 aromatic rings. The molecule has 28 heavy (non-hydrogen) atoms. The van der Waals surface area contributed by atoms with Crippen LogP contribution in [-0.2, 0) is 22.7 Å². The summed E-state index contributed by atoms with van der Waals surface area (Å²) >= 11 is 3.49. The van der Waals surface area contributed by atoms with Gasteiger partial charge < -0.3 is 14.2 Å². The van der Waals surface area contributed by atoms with Crippen LogP contribution < -0.4 is 4.74 Å². The maximum atomic E-state index is 12.3. The maximum Gasteiger partial charge on any atom is 0.358 e. The standard InChI is InChI=1S/C21H17BrN2O4/c1-13-9-24-18(10-23-13)20(25)26-11-15-7-17(22)8-16-12-27-21(28-19(15)16)14-5-3-2-4-6-14/h2-10,21H,11-12H2,1H3/t21-/m1/s1. The van der Waals surface area contributed by atoms with Crippen molar-refractivity contribution in [3.8, 4) is 5.75 Å². The highest BCUT2D eigenvalue weighted by Crippen LogP contribution is 2.38. The van der Waals surface area contributed by atoms with E-state index in [-0.39, 0.29) is 12.3 Å². The minimum atomic E-state index is -0.534. The second-order valence-electron chi connectivity index (χ2n) is 6.34. The van der Waals surface area contributed by atoms with Gasteiger partial charge in [-0.1, -0.05) is 46.3 Å². The Labute approximate surface area is 170 Å². The molecule has 0 radical (unpaired) electrons. The molecule has 4 rings (SSSR count). The summed E-state index contributed by atoms with van der Waals surface area (Å²) in [5.74, 6) is 0.138. The van der Waals surface area contributed by atoms with Crippen molar-refractivity contribution in [1.29, 1.82) is 0 Å². The number of carbonyl (C=O) groups is 1. The Morgan fingerprint density at radius 2 is 2.04 bits per heavy atom. The topological polar surface area (TPSA) is 70.5 Å². The van der Waals surface area contributed by atoms with E-state index in [0.29, 0.717) is 12.4 Å². The summed E-state index contributed by atoms with van der Waals surface area (Å²) in [6.07, 6.45) is 2.43. The average molecular weight is 441 g/mol. The van der Waals surface area contributed by atoms with Crippen LogP contribution >= 0.6 is 15.9 Å². The predicted molar refractivity (Wildman–Crippen MR) is 105 cm³/mol. The van der Waals surface area contributed by atoms with Crippen LogP contribution in [0.5, 0.6) is 5.75 Å². The van der Waals surface area contributed by atoms with Gasteiger partial charge in [0.05, 0.1) is 18.5 Å². The molecule has 0 saturated carbocycles. The molecule has 142 valence electrons. The first kappa shape index (κ1) is 18.6. The fraction of sp³-hybridized carbons (Fsp3) is 0.190. The summed E-state index contributed by atoms with van der Waals surface area (Å²) in [5, 5.41) is 0. The van der Waals surface area contributed by atoms with Crippen molar-refractivity contribution in [2.45, 2.75) is 26.4 Å². The molecule has 0 unspecified atom stereocenters. The fourth-order valence-corrected chi connectivity index (χ4v) is 3.43. The molecule has 0 bridgehead atoms. The monoisotopic (exact) mass is 440 g/mol. The third-order valence-electron chi connectivity index (χ3n) is 4.24. The zero-order valence-corrected chi connectivity index (χ0v) is 16.7. The van der Waals surface area contributed by atoms with E-state index >= 15 is 0 Å². The van der Waals surface area contributed by atoms with Crippen LogP contribution in [0.25, 0.3) is 0 Å². The number of fused-ring (bicyclic) bond motifs is 1. The van der Waals surface area contributed by atoms with Crippen molar-refractivity contribution >= 4 is 21.9 Å². The Hall–Kier alpha value is -2.77. The lowest BCUT2D eigenvalue weighted by atomic mass is 10.1. The predicted octanol–water partition coefficient (Wildman–Crippen LogP) is 4.51. The van der Waals surface area contributed by atoms with E-state index < -0.39 is 12.3 Å². The number of hydrogen-bond acceptors (Lipinski definition) is 6. The highest BCUT2D eigenvalue weighted by atomic mass is 79.9. The lowest BCUT2D eigenvalue weighted by molar-refractivity contribution is -0.112. The number of aryl methyl sites for hydroxylation is 1. The molecule has 1 aromatic heterocycles. The number of aromatic nitrogens is 2. The van der Waals surface area contributed by atoms with Crippen LogP contribution in [0.15, 0.2) is 59.3 Å². The molecule has 0 N–H and O–H groups in total. The van der Waals surface area contributed by atoms with Gasteiger partial charge in [0.2, 0.25) is 6.29 Å². The summed E-state index contributed by atoms with van der Waals surface area (Å²) in [6.45, 7) is 2.26. The van der Waals surface area contributed by atoms with Gasteiger partial charge in [-0.3, -0.25) is 4.98 Å². The van der Waals surface area contributed by atoms with E-state index in [9.17, 15) is 4.79 Å². The first-order valence-electron chi connectivity index (χ1n) is 8.70. The minimum absolute atomic E-state index is 0.0532. The van der Waals surface area contributed by atoms with Gasteiger partial charge in [-0.15, -0.1) is 0 Å². The Morgan fingerprint density at radius 1 is 1.21 bits per heavy atom. The molecule has 2 aromatic carbocycles. The highest BCUT2D eigenvalue weighted by molar-refractivity contribution is 9.10. The zero-order valence-electron chi connectivity index (χ0n) is 15.1. The van der Waals surface area contributed by atoms with E-state index in [2.05, 4.69) is 25.9 Å². The highest BCUT2D eigenvalue weighted by Gasteiger charge is 2.25. The van der Waals surface area contributed by atoms with Gasteiger partial charge in [0.15, 0.2) is 5.69 Å². The van der Waals surface area contributed by atoms with Crippen LogP contribution in [0.3, 0.4) is 0 Å². The van der Waals surface area contributed by atoms with Crippen molar-refractivity contribution in [2.24, 2.45) is 0 Å². The number of halogens is 1. The van der Waals surface area contributed by atoms with Gasteiger partial charge in [0.25, 0.3) is 0 Å². The van der Waals surface area contributed by atoms with E-state index in [0.717, 1.165) is 26.9 Å². The molecule has 6 nitrogen and oxygen atoms in total. The minimum Gasteiger partial charge on any atom is -0.460 e.